The Balaban J connectivity index is 2.62. The Morgan fingerprint density at radius 3 is 2.46 bits per heavy atom. The van der Waals surface area contributed by atoms with Crippen LogP contribution >= 0.6 is 0 Å². The van der Waals surface area contributed by atoms with Crippen LogP contribution in [0, 0.1) is 6.92 Å². The van der Waals surface area contributed by atoms with Gasteiger partial charge in [0.2, 0.25) is 0 Å². The number of benzene rings is 1. The van der Waals surface area contributed by atoms with Gasteiger partial charge in [-0.2, -0.15) is 0 Å². The standard InChI is InChI=1S/C10H14O2Si/c1-8-5-4-6-9(7-8)13-10(11-2)12-3/h4-7,10H,1-3H3. The molecule has 0 spiro atoms. The average Bonchev–Trinajstić information content (AvgIpc) is 2.14. The van der Waals surface area contributed by atoms with E-state index in [0.717, 1.165) is 0 Å². The summed E-state index contributed by atoms with van der Waals surface area (Å²) < 4.78 is 10.3. The van der Waals surface area contributed by atoms with Crippen LogP contribution in [0.5, 0.6) is 0 Å². The van der Waals surface area contributed by atoms with Gasteiger partial charge in [0.25, 0.3) is 0 Å². The smallest absolute Gasteiger partial charge is 0.157 e. The summed E-state index contributed by atoms with van der Waals surface area (Å²) in [6.07, 6.45) is 0. The summed E-state index contributed by atoms with van der Waals surface area (Å²) in [4.78, 5) is 0. The molecule has 13 heavy (non-hydrogen) atoms. The first-order valence-corrected chi connectivity index (χ1v) is 5.23. The normalized spacial score (nSPS) is 10.8. The summed E-state index contributed by atoms with van der Waals surface area (Å²) in [5, 5.41) is 1.27. The first kappa shape index (κ1) is 10.4. The molecule has 0 aliphatic rings. The van der Waals surface area contributed by atoms with Crippen LogP contribution < -0.4 is 5.19 Å². The molecule has 0 aromatic heterocycles. The highest BCUT2D eigenvalue weighted by Crippen LogP contribution is 1.94. The summed E-state index contributed by atoms with van der Waals surface area (Å²) in [7, 11) is 3.87. The fourth-order valence-corrected chi connectivity index (χ4v) is 2.10. The van der Waals surface area contributed by atoms with Gasteiger partial charge in [-0.15, -0.1) is 0 Å². The van der Waals surface area contributed by atoms with Crippen LogP contribution in [-0.2, 0) is 9.47 Å². The molecule has 0 amide bonds. The minimum atomic E-state index is -0.109. The summed E-state index contributed by atoms with van der Waals surface area (Å²) in [6, 6.07) is 8.39. The fraction of sp³-hybridized carbons (Fsp3) is 0.400. The summed E-state index contributed by atoms with van der Waals surface area (Å²) in [6.45, 7) is 2.09. The Morgan fingerprint density at radius 2 is 1.92 bits per heavy atom. The van der Waals surface area contributed by atoms with E-state index in [1.54, 1.807) is 14.2 Å². The predicted molar refractivity (Wildman–Crippen MR) is 54.4 cm³/mol. The minimum absolute atomic E-state index is 0.109. The van der Waals surface area contributed by atoms with Gasteiger partial charge >= 0.3 is 0 Å². The van der Waals surface area contributed by atoms with Gasteiger partial charge in [0.15, 0.2) is 9.52 Å². The zero-order valence-electron chi connectivity index (χ0n) is 8.20. The van der Waals surface area contributed by atoms with E-state index in [9.17, 15) is 0 Å². The Labute approximate surface area is 81.7 Å². The number of methoxy groups -OCH3 is 2. The molecule has 2 nitrogen and oxygen atoms in total. The lowest BCUT2D eigenvalue weighted by Gasteiger charge is -2.12. The van der Waals surface area contributed by atoms with Crippen LogP contribution in [0.25, 0.3) is 0 Å². The molecule has 0 aliphatic heterocycles. The molecule has 0 aliphatic carbocycles. The van der Waals surface area contributed by atoms with Gasteiger partial charge in [0.05, 0.1) is 0 Å². The van der Waals surface area contributed by atoms with E-state index in [-0.39, 0.29) is 5.91 Å². The number of ether oxygens (including phenoxy) is 2. The van der Waals surface area contributed by atoms with Crippen molar-refractivity contribution in [2.75, 3.05) is 14.2 Å². The van der Waals surface area contributed by atoms with E-state index in [0.29, 0.717) is 9.52 Å². The largest absolute Gasteiger partial charge is 0.360 e. The van der Waals surface area contributed by atoms with E-state index < -0.39 is 0 Å². The predicted octanol–water partition coefficient (Wildman–Crippen LogP) is 0.901. The second-order valence-electron chi connectivity index (χ2n) is 2.82. The number of hydrogen-bond donors (Lipinski definition) is 0. The van der Waals surface area contributed by atoms with Crippen molar-refractivity contribution in [2.24, 2.45) is 0 Å². The van der Waals surface area contributed by atoms with Gasteiger partial charge in [-0.1, -0.05) is 35.0 Å². The second-order valence-corrected chi connectivity index (χ2v) is 4.15. The van der Waals surface area contributed by atoms with E-state index in [1.165, 1.54) is 10.8 Å². The molecule has 0 N–H and O–H groups in total. The van der Waals surface area contributed by atoms with E-state index in [4.69, 9.17) is 9.47 Å². The van der Waals surface area contributed by atoms with Crippen LogP contribution in [0.15, 0.2) is 24.3 Å². The monoisotopic (exact) mass is 194 g/mol. The van der Waals surface area contributed by atoms with Gasteiger partial charge in [0.1, 0.15) is 5.91 Å². The maximum absolute atomic E-state index is 5.13. The van der Waals surface area contributed by atoms with Crippen molar-refractivity contribution in [3.63, 3.8) is 0 Å². The SMILES string of the molecule is COC(OC)[Si]c1cccc(C)c1. The molecule has 0 saturated heterocycles. The third kappa shape index (κ3) is 3.30. The van der Waals surface area contributed by atoms with E-state index in [1.807, 2.05) is 0 Å². The van der Waals surface area contributed by atoms with E-state index in [2.05, 4.69) is 31.2 Å². The van der Waals surface area contributed by atoms with Crippen molar-refractivity contribution in [3.8, 4) is 0 Å². The lowest BCUT2D eigenvalue weighted by atomic mass is 10.2. The fourth-order valence-electron chi connectivity index (χ4n) is 1.09. The summed E-state index contributed by atoms with van der Waals surface area (Å²) in [5.41, 5.74) is 1.27. The van der Waals surface area contributed by atoms with Crippen molar-refractivity contribution >= 4 is 14.7 Å². The molecule has 2 radical (unpaired) electrons. The zero-order valence-corrected chi connectivity index (χ0v) is 9.20. The molecule has 1 rings (SSSR count). The van der Waals surface area contributed by atoms with Crippen molar-refractivity contribution in [3.05, 3.63) is 29.8 Å². The highest BCUT2D eigenvalue weighted by atomic mass is 28.2. The topological polar surface area (TPSA) is 18.5 Å². The van der Waals surface area contributed by atoms with Gasteiger partial charge < -0.3 is 9.47 Å². The Bertz CT molecular complexity index is 259. The van der Waals surface area contributed by atoms with Crippen LogP contribution in [0.1, 0.15) is 5.56 Å². The van der Waals surface area contributed by atoms with Crippen LogP contribution in [0.4, 0.5) is 0 Å². The first-order chi connectivity index (χ1) is 6.26. The van der Waals surface area contributed by atoms with Gasteiger partial charge in [-0.3, -0.25) is 0 Å². The number of hydrogen-bond acceptors (Lipinski definition) is 2. The molecule has 0 heterocycles. The molecule has 1 aromatic rings. The third-order valence-corrected chi connectivity index (χ3v) is 3.08. The van der Waals surface area contributed by atoms with Gasteiger partial charge in [0, 0.05) is 14.2 Å². The molecule has 0 atom stereocenters. The maximum atomic E-state index is 5.13. The molecule has 0 bridgehead atoms. The molecular weight excluding hydrogens is 180 g/mol. The van der Waals surface area contributed by atoms with Crippen molar-refractivity contribution < 1.29 is 9.47 Å². The van der Waals surface area contributed by atoms with Gasteiger partial charge in [-0.05, 0) is 6.92 Å². The van der Waals surface area contributed by atoms with Crippen LogP contribution in [-0.4, -0.2) is 29.7 Å². The zero-order chi connectivity index (χ0) is 9.68. The quantitative estimate of drug-likeness (QED) is 0.524. The maximum Gasteiger partial charge on any atom is 0.157 e. The lowest BCUT2D eigenvalue weighted by molar-refractivity contribution is -0.0429. The molecular formula is C10H14O2Si. The molecule has 70 valence electrons. The number of rotatable bonds is 4. The van der Waals surface area contributed by atoms with Crippen LogP contribution in [0.2, 0.25) is 0 Å². The van der Waals surface area contributed by atoms with Crippen molar-refractivity contribution in [1.29, 1.82) is 0 Å². The second kappa shape index (κ2) is 5.17. The van der Waals surface area contributed by atoms with Gasteiger partial charge in [-0.25, -0.2) is 0 Å². The molecule has 0 unspecified atom stereocenters. The number of aryl methyl sites for hydroxylation is 1. The summed E-state index contributed by atoms with van der Waals surface area (Å²) in [5.74, 6) is -0.109. The third-order valence-electron chi connectivity index (χ3n) is 1.73. The first-order valence-electron chi connectivity index (χ1n) is 4.15. The Kier molecular flexibility index (Phi) is 4.15. The molecule has 0 fully saturated rings. The molecule has 1 aromatic carbocycles. The molecule has 0 saturated carbocycles. The summed E-state index contributed by atoms with van der Waals surface area (Å²) >= 11 is 0. The Hall–Kier alpha value is -0.643. The lowest BCUT2D eigenvalue weighted by Crippen LogP contribution is -2.31. The van der Waals surface area contributed by atoms with Crippen LogP contribution in [0.3, 0.4) is 0 Å². The minimum Gasteiger partial charge on any atom is -0.360 e. The van der Waals surface area contributed by atoms with Crippen molar-refractivity contribution in [2.45, 2.75) is 12.8 Å². The highest BCUT2D eigenvalue weighted by molar-refractivity contribution is 6.54. The highest BCUT2D eigenvalue weighted by Gasteiger charge is 2.07. The van der Waals surface area contributed by atoms with Crippen molar-refractivity contribution in [1.82, 2.24) is 0 Å². The average molecular weight is 194 g/mol. The Morgan fingerprint density at radius 1 is 1.23 bits per heavy atom. The van der Waals surface area contributed by atoms with E-state index >= 15 is 0 Å². The molecule has 3 heteroatoms.